The molecular weight excluding hydrogens is 317 g/mol. The molecule has 0 radical (unpaired) electrons. The van der Waals surface area contributed by atoms with Crippen LogP contribution >= 0.6 is 0 Å². The van der Waals surface area contributed by atoms with Crippen molar-refractivity contribution in [2.75, 3.05) is 44.9 Å². The second kappa shape index (κ2) is 6.25. The van der Waals surface area contributed by atoms with Crippen molar-refractivity contribution < 1.29 is 23.4 Å². The van der Waals surface area contributed by atoms with Gasteiger partial charge < -0.3 is 19.1 Å². The highest BCUT2D eigenvalue weighted by atomic mass is 19.1. The molecule has 2 fully saturated rings. The molecule has 3 rings (SSSR count). The van der Waals surface area contributed by atoms with Gasteiger partial charge in [-0.15, -0.1) is 0 Å². The third-order valence-corrected chi connectivity index (χ3v) is 4.58. The molecule has 2 aliphatic heterocycles. The quantitative estimate of drug-likeness (QED) is 0.742. The average molecular weight is 339 g/mol. The molecule has 3 heterocycles. The summed E-state index contributed by atoms with van der Waals surface area (Å²) in [6.45, 7) is 4.59. The summed E-state index contributed by atoms with van der Waals surface area (Å²) < 4.78 is 30.9. The van der Waals surface area contributed by atoms with Crippen LogP contribution in [0.4, 0.5) is 10.2 Å². The first kappa shape index (κ1) is 17.0. The number of carbonyl (C=O) groups is 1. The number of halogens is 1. The molecule has 0 bridgehead atoms. The van der Waals surface area contributed by atoms with Gasteiger partial charge >= 0.3 is 5.97 Å². The minimum atomic E-state index is -2.10. The summed E-state index contributed by atoms with van der Waals surface area (Å²) in [6, 6.07) is 1.78. The fraction of sp³-hybridized carbons (Fsp3) is 0.688. The van der Waals surface area contributed by atoms with Crippen molar-refractivity contribution in [1.82, 2.24) is 9.97 Å². The lowest BCUT2D eigenvalue weighted by atomic mass is 9.74. The van der Waals surface area contributed by atoms with Gasteiger partial charge in [-0.1, -0.05) is 0 Å². The number of aryl methyl sites for hydroxylation is 1. The van der Waals surface area contributed by atoms with E-state index in [1.54, 1.807) is 25.0 Å². The summed E-state index contributed by atoms with van der Waals surface area (Å²) >= 11 is 0. The Morgan fingerprint density at radius 2 is 2.17 bits per heavy atom. The van der Waals surface area contributed by atoms with Crippen LogP contribution in [0.2, 0.25) is 0 Å². The van der Waals surface area contributed by atoms with E-state index < -0.39 is 17.1 Å². The number of methoxy groups -OCH3 is 1. The lowest BCUT2D eigenvalue weighted by molar-refractivity contribution is -0.196. The fourth-order valence-corrected chi connectivity index (χ4v) is 3.30. The SMILES string of the molecule is CCOC(=O)[C@@]1(F)CN(c2cc(C)nc(COC)n2)CC12COC2. The van der Waals surface area contributed by atoms with Gasteiger partial charge in [0.2, 0.25) is 5.67 Å². The number of rotatable bonds is 5. The standard InChI is InChI=1S/C16H22FN3O4/c1-4-24-14(21)16(17)8-20(7-15(16)9-23-10-15)13-5-11(2)18-12(19-13)6-22-3/h5H,4,6-10H2,1-3H3/t16-/m0/s1. The Hall–Kier alpha value is -1.80. The molecule has 2 saturated heterocycles. The van der Waals surface area contributed by atoms with Crippen molar-refractivity contribution in [1.29, 1.82) is 0 Å². The van der Waals surface area contributed by atoms with Crippen LogP contribution in [0.5, 0.6) is 0 Å². The highest BCUT2D eigenvalue weighted by Crippen LogP contribution is 2.49. The molecule has 0 N–H and O–H groups in total. The van der Waals surface area contributed by atoms with E-state index in [2.05, 4.69) is 9.97 Å². The summed E-state index contributed by atoms with van der Waals surface area (Å²) in [6.07, 6.45) is 0. The number of hydrogen-bond acceptors (Lipinski definition) is 7. The van der Waals surface area contributed by atoms with E-state index in [9.17, 15) is 4.79 Å². The number of esters is 1. The zero-order valence-corrected chi connectivity index (χ0v) is 14.2. The van der Waals surface area contributed by atoms with Crippen LogP contribution < -0.4 is 4.90 Å². The van der Waals surface area contributed by atoms with Crippen molar-refractivity contribution in [3.05, 3.63) is 17.6 Å². The monoisotopic (exact) mass is 339 g/mol. The van der Waals surface area contributed by atoms with E-state index in [1.165, 1.54) is 0 Å². The number of alkyl halides is 1. The van der Waals surface area contributed by atoms with Crippen LogP contribution in [0, 0.1) is 12.3 Å². The van der Waals surface area contributed by atoms with Crippen LogP contribution in [0.3, 0.4) is 0 Å². The van der Waals surface area contributed by atoms with Gasteiger partial charge in [0, 0.05) is 25.4 Å². The molecule has 8 heteroatoms. The summed E-state index contributed by atoms with van der Waals surface area (Å²) in [5.74, 6) is 0.294. The average Bonchev–Trinajstić information content (AvgIpc) is 2.82. The minimum Gasteiger partial charge on any atom is -0.464 e. The number of nitrogens with zero attached hydrogens (tertiary/aromatic N) is 3. The first-order chi connectivity index (χ1) is 11.4. The van der Waals surface area contributed by atoms with E-state index in [0.29, 0.717) is 18.2 Å². The van der Waals surface area contributed by atoms with Gasteiger partial charge in [-0.3, -0.25) is 0 Å². The molecule has 132 valence electrons. The normalized spacial score (nSPS) is 24.9. The maximum absolute atomic E-state index is 15.6. The van der Waals surface area contributed by atoms with E-state index in [4.69, 9.17) is 14.2 Å². The third-order valence-electron chi connectivity index (χ3n) is 4.58. The van der Waals surface area contributed by atoms with Crippen molar-refractivity contribution in [3.63, 3.8) is 0 Å². The van der Waals surface area contributed by atoms with Crippen LogP contribution in [-0.4, -0.2) is 61.6 Å². The molecule has 1 atom stereocenters. The molecule has 0 unspecified atom stereocenters. The summed E-state index contributed by atoms with van der Waals surface area (Å²) in [7, 11) is 1.56. The Kier molecular flexibility index (Phi) is 4.44. The molecule has 0 amide bonds. The van der Waals surface area contributed by atoms with Crippen molar-refractivity contribution in [2.24, 2.45) is 5.41 Å². The maximum atomic E-state index is 15.6. The van der Waals surface area contributed by atoms with E-state index in [1.807, 2.05) is 6.92 Å². The Morgan fingerprint density at radius 1 is 1.42 bits per heavy atom. The van der Waals surface area contributed by atoms with Crippen LogP contribution in [0.25, 0.3) is 0 Å². The summed E-state index contributed by atoms with van der Waals surface area (Å²) in [5, 5.41) is 0. The first-order valence-electron chi connectivity index (χ1n) is 7.96. The number of ether oxygens (including phenoxy) is 3. The second-order valence-corrected chi connectivity index (χ2v) is 6.37. The summed E-state index contributed by atoms with van der Waals surface area (Å²) in [5.41, 5.74) is -2.21. The van der Waals surface area contributed by atoms with Gasteiger partial charge in [0.25, 0.3) is 0 Å². The molecule has 24 heavy (non-hydrogen) atoms. The summed E-state index contributed by atoms with van der Waals surface area (Å²) in [4.78, 5) is 22.8. The Bertz CT molecular complexity index is 638. The molecule has 1 spiro atoms. The number of carbonyl (C=O) groups excluding carboxylic acids is 1. The minimum absolute atomic E-state index is 0.0991. The smallest absolute Gasteiger partial charge is 0.346 e. The molecule has 0 aromatic carbocycles. The Labute approximate surface area is 140 Å². The van der Waals surface area contributed by atoms with Crippen molar-refractivity contribution in [2.45, 2.75) is 26.1 Å². The van der Waals surface area contributed by atoms with Crippen LogP contribution in [-0.2, 0) is 25.6 Å². The van der Waals surface area contributed by atoms with E-state index in [-0.39, 0.29) is 33.0 Å². The highest BCUT2D eigenvalue weighted by Gasteiger charge is 2.68. The van der Waals surface area contributed by atoms with Gasteiger partial charge in [0.1, 0.15) is 12.4 Å². The van der Waals surface area contributed by atoms with Gasteiger partial charge in [-0.2, -0.15) is 0 Å². The largest absolute Gasteiger partial charge is 0.464 e. The molecular formula is C16H22FN3O4. The third kappa shape index (κ3) is 2.63. The lowest BCUT2D eigenvalue weighted by Gasteiger charge is -2.43. The molecule has 7 nitrogen and oxygen atoms in total. The molecule has 0 saturated carbocycles. The predicted molar refractivity (Wildman–Crippen MR) is 83.4 cm³/mol. The van der Waals surface area contributed by atoms with Crippen LogP contribution in [0.15, 0.2) is 6.07 Å². The molecule has 1 aromatic rings. The number of hydrogen-bond donors (Lipinski definition) is 0. The maximum Gasteiger partial charge on any atom is 0.346 e. The van der Waals surface area contributed by atoms with E-state index in [0.717, 1.165) is 5.69 Å². The lowest BCUT2D eigenvalue weighted by Crippen LogP contribution is -2.61. The fourth-order valence-electron chi connectivity index (χ4n) is 3.30. The van der Waals surface area contributed by atoms with Gasteiger partial charge in [-0.25, -0.2) is 19.2 Å². The van der Waals surface area contributed by atoms with Crippen molar-refractivity contribution >= 4 is 11.8 Å². The Balaban J connectivity index is 1.90. The topological polar surface area (TPSA) is 73.8 Å². The number of anilines is 1. The Morgan fingerprint density at radius 3 is 2.75 bits per heavy atom. The van der Waals surface area contributed by atoms with Crippen LogP contribution in [0.1, 0.15) is 18.4 Å². The number of aromatic nitrogens is 2. The second-order valence-electron chi connectivity index (χ2n) is 6.37. The zero-order chi connectivity index (χ0) is 17.4. The van der Waals surface area contributed by atoms with Gasteiger partial charge in [0.15, 0.2) is 5.82 Å². The van der Waals surface area contributed by atoms with Gasteiger partial charge in [-0.05, 0) is 13.8 Å². The van der Waals surface area contributed by atoms with Gasteiger partial charge in [0.05, 0.1) is 31.8 Å². The first-order valence-corrected chi connectivity index (χ1v) is 7.96. The zero-order valence-electron chi connectivity index (χ0n) is 14.2. The van der Waals surface area contributed by atoms with E-state index >= 15 is 4.39 Å². The highest BCUT2D eigenvalue weighted by molar-refractivity contribution is 5.83. The molecule has 2 aliphatic rings. The predicted octanol–water partition coefficient (Wildman–Crippen LogP) is 1.04. The molecule has 0 aliphatic carbocycles. The molecule has 1 aromatic heterocycles. The van der Waals surface area contributed by atoms with Crippen molar-refractivity contribution in [3.8, 4) is 0 Å².